The van der Waals surface area contributed by atoms with Crippen LogP contribution >= 0.6 is 11.6 Å². The van der Waals surface area contributed by atoms with E-state index in [1.165, 1.54) is 39.1 Å². The molecule has 0 atom stereocenters. The van der Waals surface area contributed by atoms with Gasteiger partial charge in [0.15, 0.2) is 0 Å². The normalized spacial score (nSPS) is 11.1. The molecule has 0 aliphatic carbocycles. The molecule has 0 aromatic heterocycles. The minimum absolute atomic E-state index is 0.0634. The maximum Gasteiger partial charge on any atom is 0.329 e. The van der Waals surface area contributed by atoms with Gasteiger partial charge in [0.1, 0.15) is 11.3 Å². The van der Waals surface area contributed by atoms with Gasteiger partial charge in [0.25, 0.3) is 5.91 Å². The molecule has 0 spiro atoms. The number of likely N-dealkylation sites (N-methyl/N-ethyl adjacent to an activating group) is 1. The van der Waals surface area contributed by atoms with Gasteiger partial charge in [-0.1, -0.05) is 11.6 Å². The third-order valence-corrected chi connectivity index (χ3v) is 3.18. The number of carbonyl (C=O) groups is 2. The zero-order valence-electron chi connectivity index (χ0n) is 10.3. The van der Waals surface area contributed by atoms with Crippen molar-refractivity contribution >= 4 is 23.5 Å². The van der Waals surface area contributed by atoms with E-state index in [1.54, 1.807) is 0 Å². The van der Waals surface area contributed by atoms with E-state index in [4.69, 9.17) is 16.7 Å². The Morgan fingerprint density at radius 3 is 2.39 bits per heavy atom. The van der Waals surface area contributed by atoms with Gasteiger partial charge in [0.2, 0.25) is 0 Å². The number of phenols is 1. The van der Waals surface area contributed by atoms with Crippen LogP contribution in [0.3, 0.4) is 0 Å². The minimum atomic E-state index is -1.37. The van der Waals surface area contributed by atoms with Gasteiger partial charge in [-0.25, -0.2) is 4.79 Å². The van der Waals surface area contributed by atoms with Crippen LogP contribution in [-0.2, 0) is 4.79 Å². The molecule has 1 aromatic carbocycles. The van der Waals surface area contributed by atoms with E-state index < -0.39 is 17.4 Å². The van der Waals surface area contributed by atoms with E-state index in [2.05, 4.69) is 0 Å². The summed E-state index contributed by atoms with van der Waals surface area (Å²) in [5.41, 5.74) is -1.31. The molecule has 0 bridgehead atoms. The Labute approximate surface area is 110 Å². The van der Waals surface area contributed by atoms with Crippen LogP contribution in [-0.4, -0.2) is 39.6 Å². The second-order valence-electron chi connectivity index (χ2n) is 4.39. The molecule has 0 unspecified atom stereocenters. The fourth-order valence-electron chi connectivity index (χ4n) is 1.26. The molecule has 2 N–H and O–H groups in total. The number of carboxylic acid groups (broad SMARTS) is 1. The van der Waals surface area contributed by atoms with E-state index in [9.17, 15) is 14.7 Å². The molecule has 0 saturated heterocycles. The minimum Gasteiger partial charge on any atom is -0.508 e. The Kier molecular flexibility index (Phi) is 3.86. The Bertz CT molecular complexity index is 499. The lowest BCUT2D eigenvalue weighted by Crippen LogP contribution is -2.50. The largest absolute Gasteiger partial charge is 0.508 e. The summed E-state index contributed by atoms with van der Waals surface area (Å²) in [6.07, 6.45) is 0. The van der Waals surface area contributed by atoms with Gasteiger partial charge in [-0.2, -0.15) is 0 Å². The van der Waals surface area contributed by atoms with Crippen LogP contribution < -0.4 is 0 Å². The first-order chi connectivity index (χ1) is 8.17. The van der Waals surface area contributed by atoms with Crippen molar-refractivity contribution in [3.63, 3.8) is 0 Å². The van der Waals surface area contributed by atoms with E-state index in [-0.39, 0.29) is 16.3 Å². The zero-order valence-corrected chi connectivity index (χ0v) is 11.0. The van der Waals surface area contributed by atoms with Crippen molar-refractivity contribution < 1.29 is 19.8 Å². The molecule has 0 saturated carbocycles. The Hall–Kier alpha value is -1.75. The number of amides is 1. The number of aliphatic carboxylic acids is 1. The molecule has 0 fully saturated rings. The van der Waals surface area contributed by atoms with E-state index in [0.717, 1.165) is 4.90 Å². The van der Waals surface area contributed by atoms with Crippen LogP contribution in [0.1, 0.15) is 24.2 Å². The predicted octanol–water partition coefficient (Wildman–Crippen LogP) is 1.98. The monoisotopic (exact) mass is 271 g/mol. The highest BCUT2D eigenvalue weighted by Crippen LogP contribution is 2.25. The lowest BCUT2D eigenvalue weighted by molar-refractivity contribution is -0.147. The number of halogens is 1. The van der Waals surface area contributed by atoms with Gasteiger partial charge >= 0.3 is 5.97 Å². The number of aromatic hydroxyl groups is 1. The van der Waals surface area contributed by atoms with Crippen molar-refractivity contribution in [1.82, 2.24) is 4.90 Å². The number of carbonyl (C=O) groups excluding carboxylic acids is 1. The second-order valence-corrected chi connectivity index (χ2v) is 4.80. The molecule has 1 rings (SSSR count). The summed E-state index contributed by atoms with van der Waals surface area (Å²) >= 11 is 5.86. The average Bonchev–Trinajstić information content (AvgIpc) is 2.30. The maximum atomic E-state index is 12.1. The molecule has 0 aliphatic heterocycles. The van der Waals surface area contributed by atoms with Crippen molar-refractivity contribution in [2.45, 2.75) is 19.4 Å². The molecule has 1 amide bonds. The third-order valence-electron chi connectivity index (χ3n) is 2.85. The number of rotatable bonds is 3. The summed E-state index contributed by atoms with van der Waals surface area (Å²) in [6.45, 7) is 2.81. The number of benzene rings is 1. The van der Waals surface area contributed by atoms with Crippen LogP contribution in [0.5, 0.6) is 5.75 Å². The van der Waals surface area contributed by atoms with Crippen LogP contribution in [0.25, 0.3) is 0 Å². The van der Waals surface area contributed by atoms with Gasteiger partial charge in [0.05, 0.1) is 10.6 Å². The standard InChI is InChI=1S/C12H14ClNO4/c1-12(2,11(17)18)14(3)10(16)8-6-7(15)4-5-9(8)13/h4-6,15H,1-3H3,(H,17,18). The van der Waals surface area contributed by atoms with Crippen molar-refractivity contribution in [2.24, 2.45) is 0 Å². The summed E-state index contributed by atoms with van der Waals surface area (Å²) in [7, 11) is 1.37. The van der Waals surface area contributed by atoms with Crippen molar-refractivity contribution in [3.05, 3.63) is 28.8 Å². The molecule has 98 valence electrons. The number of hydrogen-bond acceptors (Lipinski definition) is 3. The number of hydrogen-bond donors (Lipinski definition) is 2. The van der Waals surface area contributed by atoms with Crippen molar-refractivity contribution in [2.75, 3.05) is 7.05 Å². The van der Waals surface area contributed by atoms with Crippen LogP contribution in [0.2, 0.25) is 5.02 Å². The number of phenolic OH excluding ortho intramolecular Hbond substituents is 1. The van der Waals surface area contributed by atoms with E-state index in [1.807, 2.05) is 0 Å². The molecule has 6 heteroatoms. The van der Waals surface area contributed by atoms with E-state index >= 15 is 0 Å². The maximum absolute atomic E-state index is 12.1. The molecule has 0 aliphatic rings. The molecule has 0 radical (unpaired) electrons. The van der Waals surface area contributed by atoms with Gasteiger partial charge in [-0.3, -0.25) is 4.79 Å². The zero-order chi connectivity index (χ0) is 14.1. The quantitative estimate of drug-likeness (QED) is 0.881. The average molecular weight is 272 g/mol. The Morgan fingerprint density at radius 1 is 1.33 bits per heavy atom. The first-order valence-electron chi connectivity index (χ1n) is 5.18. The topological polar surface area (TPSA) is 77.8 Å². The molecule has 0 heterocycles. The molecule has 5 nitrogen and oxygen atoms in total. The Balaban J connectivity index is 3.15. The van der Waals surface area contributed by atoms with Gasteiger partial charge in [-0.15, -0.1) is 0 Å². The smallest absolute Gasteiger partial charge is 0.329 e. The first kappa shape index (κ1) is 14.3. The highest BCUT2D eigenvalue weighted by atomic mass is 35.5. The van der Waals surface area contributed by atoms with Gasteiger partial charge < -0.3 is 15.1 Å². The summed E-state index contributed by atoms with van der Waals surface area (Å²) in [5, 5.41) is 18.5. The SMILES string of the molecule is CN(C(=O)c1cc(O)ccc1Cl)C(C)(C)C(=O)O. The van der Waals surface area contributed by atoms with Gasteiger partial charge in [-0.05, 0) is 32.0 Å². The lowest BCUT2D eigenvalue weighted by Gasteiger charge is -2.31. The lowest BCUT2D eigenvalue weighted by atomic mass is 10.0. The fourth-order valence-corrected chi connectivity index (χ4v) is 1.45. The third kappa shape index (κ3) is 2.56. The van der Waals surface area contributed by atoms with Crippen LogP contribution in [0, 0.1) is 0 Å². The summed E-state index contributed by atoms with van der Waals surface area (Å²) < 4.78 is 0. The highest BCUT2D eigenvalue weighted by Gasteiger charge is 2.36. The Morgan fingerprint density at radius 2 is 1.89 bits per heavy atom. The number of carboxylic acids is 1. The van der Waals surface area contributed by atoms with Crippen molar-refractivity contribution in [3.8, 4) is 5.75 Å². The summed E-state index contributed by atoms with van der Waals surface area (Å²) in [4.78, 5) is 24.3. The molecule has 18 heavy (non-hydrogen) atoms. The fraction of sp³-hybridized carbons (Fsp3) is 0.333. The molecule has 1 aromatic rings. The summed E-state index contributed by atoms with van der Waals surface area (Å²) in [6, 6.07) is 3.94. The predicted molar refractivity (Wildman–Crippen MR) is 66.9 cm³/mol. The van der Waals surface area contributed by atoms with Crippen LogP contribution in [0.4, 0.5) is 0 Å². The van der Waals surface area contributed by atoms with E-state index in [0.29, 0.717) is 0 Å². The second kappa shape index (κ2) is 4.86. The van der Waals surface area contributed by atoms with Gasteiger partial charge in [0, 0.05) is 7.05 Å². The van der Waals surface area contributed by atoms with Crippen LogP contribution in [0.15, 0.2) is 18.2 Å². The molecular formula is C12H14ClNO4. The highest BCUT2D eigenvalue weighted by molar-refractivity contribution is 6.34. The van der Waals surface area contributed by atoms with Crippen molar-refractivity contribution in [1.29, 1.82) is 0 Å². The number of nitrogens with zero attached hydrogens (tertiary/aromatic N) is 1. The summed E-state index contributed by atoms with van der Waals surface area (Å²) in [5.74, 6) is -1.80. The molecular weight excluding hydrogens is 258 g/mol. The first-order valence-corrected chi connectivity index (χ1v) is 5.55.